The van der Waals surface area contributed by atoms with Crippen LogP contribution >= 0.6 is 0 Å². The van der Waals surface area contributed by atoms with Gasteiger partial charge in [0.2, 0.25) is 0 Å². The molecule has 7 heteroatoms. The lowest BCUT2D eigenvalue weighted by Gasteiger charge is -2.20. The zero-order chi connectivity index (χ0) is 19.1. The summed E-state index contributed by atoms with van der Waals surface area (Å²) < 4.78 is 19.3. The molecule has 1 aliphatic rings. The van der Waals surface area contributed by atoms with Crippen LogP contribution in [0.1, 0.15) is 26.0 Å². The van der Waals surface area contributed by atoms with Gasteiger partial charge >= 0.3 is 0 Å². The molecular formula is C20H28FN5O. The lowest BCUT2D eigenvalue weighted by molar-refractivity contribution is 0.506. The van der Waals surface area contributed by atoms with Crippen LogP contribution in [-0.4, -0.2) is 43.2 Å². The number of rotatable bonds is 7. The molecule has 2 N–H and O–H groups in total. The van der Waals surface area contributed by atoms with Gasteiger partial charge in [0.25, 0.3) is 0 Å². The Hall–Kier alpha value is -2.57. The average molecular weight is 373 g/mol. The highest BCUT2D eigenvalue weighted by Gasteiger charge is 2.26. The van der Waals surface area contributed by atoms with E-state index in [0.717, 1.165) is 44.2 Å². The van der Waals surface area contributed by atoms with Crippen molar-refractivity contribution in [2.75, 3.05) is 31.1 Å². The molecule has 0 radical (unpaired) electrons. The molecule has 1 unspecified atom stereocenters. The SMILES string of the molecule is CC(C)CN=C(NCCc1ccco1)NC1CCN(c2ncccc2F)C1. The quantitative estimate of drug-likeness (QED) is 0.577. The van der Waals surface area contributed by atoms with E-state index in [2.05, 4.69) is 34.5 Å². The van der Waals surface area contributed by atoms with Crippen molar-refractivity contribution in [2.24, 2.45) is 10.9 Å². The second kappa shape index (κ2) is 9.39. The van der Waals surface area contributed by atoms with Crippen LogP contribution in [0.15, 0.2) is 46.1 Å². The van der Waals surface area contributed by atoms with Gasteiger partial charge < -0.3 is 20.0 Å². The third-order valence-electron chi connectivity index (χ3n) is 4.43. The van der Waals surface area contributed by atoms with Crippen molar-refractivity contribution in [2.45, 2.75) is 32.7 Å². The second-order valence-corrected chi connectivity index (χ2v) is 7.22. The van der Waals surface area contributed by atoms with Crippen molar-refractivity contribution in [3.63, 3.8) is 0 Å². The van der Waals surface area contributed by atoms with Gasteiger partial charge in [-0.2, -0.15) is 0 Å². The van der Waals surface area contributed by atoms with Crippen molar-refractivity contribution in [1.29, 1.82) is 0 Å². The molecular weight excluding hydrogens is 345 g/mol. The summed E-state index contributed by atoms with van der Waals surface area (Å²) in [7, 11) is 0. The maximum Gasteiger partial charge on any atom is 0.191 e. The van der Waals surface area contributed by atoms with Gasteiger partial charge in [0, 0.05) is 44.8 Å². The zero-order valence-electron chi connectivity index (χ0n) is 16.0. The number of furan rings is 1. The Bertz CT molecular complexity index is 732. The highest BCUT2D eigenvalue weighted by Crippen LogP contribution is 2.20. The fourth-order valence-electron chi connectivity index (χ4n) is 3.06. The normalized spacial score (nSPS) is 17.6. The number of aliphatic imine (C=N–C) groups is 1. The van der Waals surface area contributed by atoms with Crippen LogP contribution in [0.25, 0.3) is 0 Å². The number of hydrogen-bond donors (Lipinski definition) is 2. The van der Waals surface area contributed by atoms with E-state index in [1.54, 1.807) is 18.5 Å². The third-order valence-corrected chi connectivity index (χ3v) is 4.43. The number of nitrogens with one attached hydrogen (secondary N) is 2. The van der Waals surface area contributed by atoms with Crippen molar-refractivity contribution in [3.8, 4) is 0 Å². The number of nitrogens with zero attached hydrogens (tertiary/aromatic N) is 3. The van der Waals surface area contributed by atoms with Crippen molar-refractivity contribution in [1.82, 2.24) is 15.6 Å². The van der Waals surface area contributed by atoms with E-state index in [-0.39, 0.29) is 11.9 Å². The second-order valence-electron chi connectivity index (χ2n) is 7.22. The van der Waals surface area contributed by atoms with Crippen molar-refractivity contribution >= 4 is 11.8 Å². The Balaban J connectivity index is 1.55. The maximum absolute atomic E-state index is 14.0. The molecule has 3 heterocycles. The molecule has 1 atom stereocenters. The summed E-state index contributed by atoms with van der Waals surface area (Å²) in [6.07, 6.45) is 5.03. The zero-order valence-corrected chi connectivity index (χ0v) is 16.0. The van der Waals surface area contributed by atoms with Gasteiger partial charge in [-0.05, 0) is 36.6 Å². The Morgan fingerprint density at radius 1 is 1.41 bits per heavy atom. The summed E-state index contributed by atoms with van der Waals surface area (Å²) in [6, 6.07) is 7.13. The highest BCUT2D eigenvalue weighted by atomic mass is 19.1. The number of aromatic nitrogens is 1. The van der Waals surface area contributed by atoms with E-state index in [1.165, 1.54) is 6.07 Å². The van der Waals surface area contributed by atoms with Gasteiger partial charge in [0.15, 0.2) is 17.6 Å². The van der Waals surface area contributed by atoms with E-state index in [4.69, 9.17) is 4.42 Å². The lowest BCUT2D eigenvalue weighted by Crippen LogP contribution is -2.45. The van der Waals surface area contributed by atoms with Crippen LogP contribution in [0.5, 0.6) is 0 Å². The van der Waals surface area contributed by atoms with Gasteiger partial charge in [-0.25, -0.2) is 9.37 Å². The van der Waals surface area contributed by atoms with Crippen LogP contribution in [0.2, 0.25) is 0 Å². The summed E-state index contributed by atoms with van der Waals surface area (Å²) in [5.41, 5.74) is 0. The molecule has 146 valence electrons. The first-order valence-electron chi connectivity index (χ1n) is 9.54. The molecule has 2 aromatic rings. The Kier molecular flexibility index (Phi) is 6.68. The van der Waals surface area contributed by atoms with Gasteiger partial charge in [-0.1, -0.05) is 13.8 Å². The predicted octanol–water partition coefficient (Wildman–Crippen LogP) is 2.83. The predicted molar refractivity (Wildman–Crippen MR) is 106 cm³/mol. The minimum absolute atomic E-state index is 0.202. The smallest absolute Gasteiger partial charge is 0.191 e. The van der Waals surface area contributed by atoms with Crippen LogP contribution in [0, 0.1) is 11.7 Å². The first-order chi connectivity index (χ1) is 13.1. The molecule has 0 aliphatic carbocycles. The molecule has 0 amide bonds. The van der Waals surface area contributed by atoms with Crippen LogP contribution < -0.4 is 15.5 Å². The summed E-state index contributed by atoms with van der Waals surface area (Å²) in [4.78, 5) is 10.8. The minimum Gasteiger partial charge on any atom is -0.469 e. The Labute approximate surface area is 159 Å². The highest BCUT2D eigenvalue weighted by molar-refractivity contribution is 5.80. The topological polar surface area (TPSA) is 65.7 Å². The van der Waals surface area contributed by atoms with E-state index in [1.807, 2.05) is 17.0 Å². The van der Waals surface area contributed by atoms with Gasteiger partial charge in [0.1, 0.15) is 5.76 Å². The molecule has 0 bridgehead atoms. The summed E-state index contributed by atoms with van der Waals surface area (Å²) in [6.45, 7) is 7.25. The first kappa shape index (κ1) is 19.2. The molecule has 0 spiro atoms. The third kappa shape index (κ3) is 5.70. The van der Waals surface area contributed by atoms with Crippen molar-refractivity contribution < 1.29 is 8.81 Å². The monoisotopic (exact) mass is 373 g/mol. The van der Waals surface area contributed by atoms with Gasteiger partial charge in [-0.3, -0.25) is 4.99 Å². The molecule has 1 fully saturated rings. The van der Waals surface area contributed by atoms with Gasteiger partial charge in [0.05, 0.1) is 6.26 Å². The standard InChI is InChI=1S/C20H28FN5O/c1-15(2)13-24-20(23-10-7-17-5-4-12-27-17)25-16-8-11-26(14-16)19-18(21)6-3-9-22-19/h3-6,9,12,15-16H,7-8,10-11,13-14H2,1-2H3,(H2,23,24,25). The number of hydrogen-bond acceptors (Lipinski definition) is 4. The number of halogens is 1. The van der Waals surface area contributed by atoms with Crippen LogP contribution in [-0.2, 0) is 6.42 Å². The van der Waals surface area contributed by atoms with E-state index in [0.29, 0.717) is 18.3 Å². The minimum atomic E-state index is -0.275. The molecule has 3 rings (SSSR count). The van der Waals surface area contributed by atoms with Crippen LogP contribution in [0.4, 0.5) is 10.2 Å². The largest absolute Gasteiger partial charge is 0.469 e. The summed E-state index contributed by atoms with van der Waals surface area (Å²) in [5.74, 6) is 2.38. The van der Waals surface area contributed by atoms with E-state index < -0.39 is 0 Å². The molecule has 0 aromatic carbocycles. The molecule has 27 heavy (non-hydrogen) atoms. The van der Waals surface area contributed by atoms with Gasteiger partial charge in [-0.15, -0.1) is 0 Å². The number of anilines is 1. The fraction of sp³-hybridized carbons (Fsp3) is 0.500. The van der Waals surface area contributed by atoms with Crippen LogP contribution in [0.3, 0.4) is 0 Å². The summed E-state index contributed by atoms with van der Waals surface area (Å²) in [5, 5.41) is 6.86. The molecule has 2 aromatic heterocycles. The number of pyridine rings is 1. The molecule has 1 saturated heterocycles. The molecule has 0 saturated carbocycles. The Morgan fingerprint density at radius 3 is 3.04 bits per heavy atom. The Morgan fingerprint density at radius 2 is 2.30 bits per heavy atom. The van der Waals surface area contributed by atoms with E-state index >= 15 is 0 Å². The molecule has 6 nitrogen and oxygen atoms in total. The number of guanidine groups is 1. The molecule has 1 aliphatic heterocycles. The van der Waals surface area contributed by atoms with Crippen molar-refractivity contribution in [3.05, 3.63) is 48.3 Å². The summed E-state index contributed by atoms with van der Waals surface area (Å²) >= 11 is 0. The average Bonchev–Trinajstić information content (AvgIpc) is 3.32. The fourth-order valence-corrected chi connectivity index (χ4v) is 3.06. The lowest BCUT2D eigenvalue weighted by atomic mass is 10.2. The van der Waals surface area contributed by atoms with E-state index in [9.17, 15) is 4.39 Å². The maximum atomic E-state index is 14.0. The first-order valence-corrected chi connectivity index (χ1v) is 9.54.